The molecule has 6 heteroatoms. The highest BCUT2D eigenvalue weighted by Crippen LogP contribution is 2.31. The van der Waals surface area contributed by atoms with Crippen molar-refractivity contribution in [3.05, 3.63) is 18.0 Å². The molecule has 1 aromatic rings. The number of aromatic nitrogens is 2. The third kappa shape index (κ3) is 4.07. The van der Waals surface area contributed by atoms with Gasteiger partial charge in [0.15, 0.2) is 0 Å². The molecule has 0 aliphatic carbocycles. The molecular formula is C16H27N3O3. The van der Waals surface area contributed by atoms with Gasteiger partial charge in [-0.25, -0.2) is 0 Å². The van der Waals surface area contributed by atoms with E-state index in [1.807, 2.05) is 17.9 Å². The molecule has 2 saturated heterocycles. The van der Waals surface area contributed by atoms with Crippen molar-refractivity contribution < 1.29 is 14.6 Å². The Balaban J connectivity index is 1.42. The fourth-order valence-electron chi connectivity index (χ4n) is 3.47. The molecule has 3 atom stereocenters. The van der Waals surface area contributed by atoms with Gasteiger partial charge >= 0.3 is 0 Å². The van der Waals surface area contributed by atoms with Crippen molar-refractivity contribution in [3.8, 4) is 0 Å². The highest BCUT2D eigenvalue weighted by atomic mass is 16.5. The first kappa shape index (κ1) is 15.9. The maximum absolute atomic E-state index is 10.2. The summed E-state index contributed by atoms with van der Waals surface area (Å²) in [7, 11) is 1.94. The molecule has 2 aliphatic rings. The molecule has 3 rings (SSSR count). The first-order valence-electron chi connectivity index (χ1n) is 8.32. The van der Waals surface area contributed by atoms with Crippen LogP contribution >= 0.6 is 0 Å². The Morgan fingerprint density at radius 3 is 3.09 bits per heavy atom. The Hall–Kier alpha value is -0.950. The number of nitrogens with zero attached hydrogens (tertiary/aromatic N) is 3. The average Bonchev–Trinajstić information content (AvgIpc) is 3.20. The van der Waals surface area contributed by atoms with Gasteiger partial charge in [0.25, 0.3) is 0 Å². The third-order valence-corrected chi connectivity index (χ3v) is 4.56. The second kappa shape index (κ2) is 7.55. The van der Waals surface area contributed by atoms with Gasteiger partial charge in [-0.3, -0.25) is 9.58 Å². The van der Waals surface area contributed by atoms with Crippen LogP contribution in [0.15, 0.2) is 12.4 Å². The number of rotatable bonds is 7. The van der Waals surface area contributed by atoms with E-state index in [9.17, 15) is 5.11 Å². The molecule has 2 aliphatic heterocycles. The van der Waals surface area contributed by atoms with Crippen LogP contribution in [0.3, 0.4) is 0 Å². The van der Waals surface area contributed by atoms with Crippen LogP contribution in [0.1, 0.15) is 37.3 Å². The van der Waals surface area contributed by atoms with E-state index in [2.05, 4.69) is 16.2 Å². The Morgan fingerprint density at radius 2 is 2.36 bits per heavy atom. The first-order chi connectivity index (χ1) is 10.7. The lowest BCUT2D eigenvalue weighted by Gasteiger charge is -2.26. The van der Waals surface area contributed by atoms with Crippen molar-refractivity contribution in [3.63, 3.8) is 0 Å². The number of ether oxygens (including phenoxy) is 2. The van der Waals surface area contributed by atoms with E-state index in [0.717, 1.165) is 32.4 Å². The van der Waals surface area contributed by atoms with Crippen LogP contribution in [-0.4, -0.2) is 64.9 Å². The molecule has 0 aromatic carbocycles. The maximum atomic E-state index is 10.2. The molecule has 124 valence electrons. The number of aliphatic hydroxyl groups is 1. The van der Waals surface area contributed by atoms with Gasteiger partial charge in [-0.1, -0.05) is 0 Å². The van der Waals surface area contributed by atoms with Crippen molar-refractivity contribution >= 4 is 0 Å². The fraction of sp³-hybridized carbons (Fsp3) is 0.812. The summed E-state index contributed by atoms with van der Waals surface area (Å²) in [5, 5.41) is 14.5. The van der Waals surface area contributed by atoms with Gasteiger partial charge in [-0.05, 0) is 32.2 Å². The molecule has 0 saturated carbocycles. The summed E-state index contributed by atoms with van der Waals surface area (Å²) in [6.45, 7) is 3.52. The highest BCUT2D eigenvalue weighted by molar-refractivity contribution is 5.12. The van der Waals surface area contributed by atoms with Crippen LogP contribution in [-0.2, 0) is 16.5 Å². The number of hydrogen-bond acceptors (Lipinski definition) is 5. The molecule has 0 amide bonds. The lowest BCUT2D eigenvalue weighted by Crippen LogP contribution is -2.35. The van der Waals surface area contributed by atoms with Gasteiger partial charge in [0, 0.05) is 38.0 Å². The minimum atomic E-state index is -0.446. The quantitative estimate of drug-likeness (QED) is 0.818. The zero-order valence-electron chi connectivity index (χ0n) is 13.4. The smallest absolute Gasteiger partial charge is 0.0900 e. The molecule has 22 heavy (non-hydrogen) atoms. The summed E-state index contributed by atoms with van der Waals surface area (Å²) in [6, 6.07) is 0.376. The summed E-state index contributed by atoms with van der Waals surface area (Å²) in [5.41, 5.74) is 1.24. The number of aryl methyl sites for hydroxylation is 1. The van der Waals surface area contributed by atoms with Crippen molar-refractivity contribution in [1.29, 1.82) is 0 Å². The van der Waals surface area contributed by atoms with E-state index in [1.54, 1.807) is 0 Å². The summed E-state index contributed by atoms with van der Waals surface area (Å²) < 4.78 is 13.0. The first-order valence-corrected chi connectivity index (χ1v) is 8.32. The zero-order valence-corrected chi connectivity index (χ0v) is 13.4. The Morgan fingerprint density at radius 1 is 1.45 bits per heavy atom. The highest BCUT2D eigenvalue weighted by Gasteiger charge is 2.28. The standard InChI is InChI=1S/C16H27N3O3/c1-18-9-13(8-17-18)16-5-2-6-19(16)10-14(20)11-21-12-15-4-3-7-22-15/h8-9,14-16,20H,2-7,10-12H2,1H3/t14-,15-,16+/m1/s1. The maximum Gasteiger partial charge on any atom is 0.0900 e. The summed E-state index contributed by atoms with van der Waals surface area (Å²) in [4.78, 5) is 2.34. The van der Waals surface area contributed by atoms with Crippen molar-refractivity contribution in [1.82, 2.24) is 14.7 Å². The molecule has 0 unspecified atom stereocenters. The van der Waals surface area contributed by atoms with Gasteiger partial charge in [0.2, 0.25) is 0 Å². The van der Waals surface area contributed by atoms with E-state index in [4.69, 9.17) is 9.47 Å². The SMILES string of the molecule is Cn1cc([C@@H]2CCCN2C[C@@H](O)COC[C@H]2CCCO2)cn1. The van der Waals surface area contributed by atoms with E-state index >= 15 is 0 Å². The van der Waals surface area contributed by atoms with Gasteiger partial charge in [0.05, 0.1) is 31.6 Å². The Bertz CT molecular complexity index is 459. The molecule has 1 aromatic heterocycles. The Kier molecular flexibility index (Phi) is 5.46. The van der Waals surface area contributed by atoms with Gasteiger partial charge in [-0.2, -0.15) is 5.10 Å². The monoisotopic (exact) mass is 309 g/mol. The van der Waals surface area contributed by atoms with E-state index in [1.165, 1.54) is 12.0 Å². The zero-order chi connectivity index (χ0) is 15.4. The predicted octanol–water partition coefficient (Wildman–Crippen LogP) is 1.11. The summed E-state index contributed by atoms with van der Waals surface area (Å²) in [5.74, 6) is 0. The van der Waals surface area contributed by atoms with Crippen LogP contribution < -0.4 is 0 Å². The molecule has 3 heterocycles. The molecule has 0 radical (unpaired) electrons. The van der Waals surface area contributed by atoms with Crippen LogP contribution in [0.25, 0.3) is 0 Å². The number of aliphatic hydroxyl groups excluding tert-OH is 1. The van der Waals surface area contributed by atoms with Crippen LogP contribution in [0.4, 0.5) is 0 Å². The van der Waals surface area contributed by atoms with Crippen molar-refractivity contribution in [2.75, 3.05) is 32.9 Å². The van der Waals surface area contributed by atoms with E-state index < -0.39 is 6.10 Å². The minimum absolute atomic E-state index is 0.224. The van der Waals surface area contributed by atoms with E-state index in [-0.39, 0.29) is 6.10 Å². The molecule has 2 fully saturated rings. The predicted molar refractivity (Wildman–Crippen MR) is 82.6 cm³/mol. The summed E-state index contributed by atoms with van der Waals surface area (Å²) in [6.07, 6.45) is 8.29. The second-order valence-electron chi connectivity index (χ2n) is 6.43. The number of hydrogen-bond donors (Lipinski definition) is 1. The van der Waals surface area contributed by atoms with Crippen LogP contribution in [0.2, 0.25) is 0 Å². The Labute approximate surface area is 132 Å². The average molecular weight is 309 g/mol. The fourth-order valence-corrected chi connectivity index (χ4v) is 3.47. The number of likely N-dealkylation sites (tertiary alicyclic amines) is 1. The topological polar surface area (TPSA) is 59.8 Å². The molecular weight excluding hydrogens is 282 g/mol. The molecule has 0 spiro atoms. The molecule has 1 N–H and O–H groups in total. The van der Waals surface area contributed by atoms with Gasteiger partial charge in [-0.15, -0.1) is 0 Å². The molecule has 0 bridgehead atoms. The largest absolute Gasteiger partial charge is 0.389 e. The third-order valence-electron chi connectivity index (χ3n) is 4.56. The van der Waals surface area contributed by atoms with Crippen LogP contribution in [0.5, 0.6) is 0 Å². The van der Waals surface area contributed by atoms with Gasteiger partial charge in [0.1, 0.15) is 0 Å². The van der Waals surface area contributed by atoms with Crippen molar-refractivity contribution in [2.45, 2.75) is 43.9 Å². The normalized spacial score (nSPS) is 27.5. The lowest BCUT2D eigenvalue weighted by molar-refractivity contribution is -0.0261. The van der Waals surface area contributed by atoms with Crippen LogP contribution in [0, 0.1) is 0 Å². The second-order valence-corrected chi connectivity index (χ2v) is 6.43. The number of β-amino-alcohol motifs (C(OH)–C–C–N with tert-alkyl or cyclic N) is 1. The summed E-state index contributed by atoms with van der Waals surface area (Å²) >= 11 is 0. The molecule has 6 nitrogen and oxygen atoms in total. The van der Waals surface area contributed by atoms with Gasteiger partial charge < -0.3 is 14.6 Å². The van der Waals surface area contributed by atoms with E-state index in [0.29, 0.717) is 25.8 Å². The minimum Gasteiger partial charge on any atom is -0.389 e. The lowest BCUT2D eigenvalue weighted by atomic mass is 10.1. The van der Waals surface area contributed by atoms with Crippen molar-refractivity contribution in [2.24, 2.45) is 7.05 Å².